The topological polar surface area (TPSA) is 101 Å². The zero-order valence-electron chi connectivity index (χ0n) is 18.3. The number of ether oxygens (including phenoxy) is 3. The number of methoxy groups -OCH3 is 1. The summed E-state index contributed by atoms with van der Waals surface area (Å²) in [5, 5.41) is 3.81. The van der Waals surface area contributed by atoms with E-state index in [1.165, 1.54) is 31.4 Å². The van der Waals surface area contributed by atoms with E-state index in [2.05, 4.69) is 14.9 Å². The molecule has 0 N–H and O–H groups in total. The van der Waals surface area contributed by atoms with Crippen LogP contribution in [-0.4, -0.2) is 35.6 Å². The Labute approximate surface area is 198 Å². The van der Waals surface area contributed by atoms with Crippen molar-refractivity contribution in [2.45, 2.75) is 13.2 Å². The van der Waals surface area contributed by atoms with E-state index in [1.807, 2.05) is 0 Å². The zero-order valence-corrected chi connectivity index (χ0v) is 18.3. The van der Waals surface area contributed by atoms with E-state index >= 15 is 0 Å². The predicted molar refractivity (Wildman–Crippen MR) is 118 cm³/mol. The van der Waals surface area contributed by atoms with E-state index in [-0.39, 0.29) is 46.7 Å². The Hall–Kier alpha value is -4.60. The van der Waals surface area contributed by atoms with Crippen LogP contribution < -0.4 is 9.47 Å². The van der Waals surface area contributed by atoms with Crippen LogP contribution in [0.2, 0.25) is 0 Å². The van der Waals surface area contributed by atoms with Gasteiger partial charge in [-0.05, 0) is 24.3 Å². The van der Waals surface area contributed by atoms with E-state index in [1.54, 1.807) is 48.5 Å². The Bertz CT molecular complexity index is 1340. The highest BCUT2D eigenvalue weighted by Gasteiger charge is 2.20. The van der Waals surface area contributed by atoms with Gasteiger partial charge in [-0.25, -0.2) is 4.79 Å². The molecule has 1 aromatic heterocycles. The lowest BCUT2D eigenvalue weighted by Crippen LogP contribution is -2.12. The number of nitrogens with zero attached hydrogens (tertiary/aromatic N) is 2. The van der Waals surface area contributed by atoms with Gasteiger partial charge in [0.1, 0.15) is 0 Å². The van der Waals surface area contributed by atoms with Crippen LogP contribution >= 0.6 is 0 Å². The standard InChI is InChI=1S/C25H18F2N2O6/c1-32-20-13-16(11-12-19(20)34-25(26)27)23-28-21(35-29-23)14-33-24(31)18-10-6-5-9-17(18)22(30)15-7-3-2-4-8-15/h2-13,25H,14H2,1H3. The molecule has 35 heavy (non-hydrogen) atoms. The lowest BCUT2D eigenvalue weighted by molar-refractivity contribution is -0.0512. The van der Waals surface area contributed by atoms with Crippen molar-refractivity contribution >= 4 is 11.8 Å². The average molecular weight is 480 g/mol. The number of hydrogen-bond acceptors (Lipinski definition) is 8. The molecule has 4 rings (SSSR count). The first-order valence-electron chi connectivity index (χ1n) is 10.3. The van der Waals surface area contributed by atoms with Gasteiger partial charge in [0.25, 0.3) is 5.89 Å². The Morgan fingerprint density at radius 1 is 0.943 bits per heavy atom. The summed E-state index contributed by atoms with van der Waals surface area (Å²) in [7, 11) is 1.30. The molecule has 0 spiro atoms. The summed E-state index contributed by atoms with van der Waals surface area (Å²) in [6.45, 7) is -3.35. The first kappa shape index (κ1) is 23.6. The van der Waals surface area contributed by atoms with Crippen molar-refractivity contribution < 1.29 is 37.1 Å². The van der Waals surface area contributed by atoms with Gasteiger partial charge in [0.2, 0.25) is 5.82 Å². The molecule has 0 fully saturated rings. The minimum absolute atomic E-state index is 0.00732. The Balaban J connectivity index is 1.47. The summed E-state index contributed by atoms with van der Waals surface area (Å²) in [6.07, 6.45) is 0. The average Bonchev–Trinajstić information content (AvgIpc) is 3.36. The fraction of sp³-hybridized carbons (Fsp3) is 0.120. The molecule has 0 aliphatic heterocycles. The monoisotopic (exact) mass is 480 g/mol. The molecule has 0 bridgehead atoms. The molecule has 0 amide bonds. The Kier molecular flexibility index (Phi) is 7.10. The van der Waals surface area contributed by atoms with Gasteiger partial charge in [-0.15, -0.1) is 0 Å². The molecule has 0 radical (unpaired) electrons. The van der Waals surface area contributed by atoms with Crippen LogP contribution in [0.4, 0.5) is 8.78 Å². The van der Waals surface area contributed by atoms with Gasteiger partial charge < -0.3 is 18.7 Å². The molecule has 178 valence electrons. The molecule has 0 atom stereocenters. The van der Waals surface area contributed by atoms with E-state index < -0.39 is 12.6 Å². The van der Waals surface area contributed by atoms with Crippen molar-refractivity contribution in [3.05, 3.63) is 95.4 Å². The number of aromatic nitrogens is 2. The fourth-order valence-electron chi connectivity index (χ4n) is 3.24. The number of halogens is 2. The second-order valence-corrected chi connectivity index (χ2v) is 7.07. The van der Waals surface area contributed by atoms with Crippen LogP contribution in [0.1, 0.15) is 32.2 Å². The van der Waals surface area contributed by atoms with Crippen molar-refractivity contribution in [1.29, 1.82) is 0 Å². The number of rotatable bonds is 9. The van der Waals surface area contributed by atoms with Gasteiger partial charge in [0, 0.05) is 16.7 Å². The lowest BCUT2D eigenvalue weighted by Gasteiger charge is -2.10. The molecule has 4 aromatic rings. The first-order valence-corrected chi connectivity index (χ1v) is 10.3. The molecule has 0 saturated carbocycles. The summed E-state index contributed by atoms with van der Waals surface area (Å²) < 4.78 is 44.9. The van der Waals surface area contributed by atoms with Crippen molar-refractivity contribution in [3.8, 4) is 22.9 Å². The molecule has 0 aliphatic rings. The highest BCUT2D eigenvalue weighted by molar-refractivity contribution is 6.14. The zero-order chi connectivity index (χ0) is 24.8. The molecular formula is C25H18F2N2O6. The van der Waals surface area contributed by atoms with Crippen molar-refractivity contribution in [2.75, 3.05) is 7.11 Å². The van der Waals surface area contributed by atoms with Crippen molar-refractivity contribution in [2.24, 2.45) is 0 Å². The van der Waals surface area contributed by atoms with Crippen LogP contribution in [0, 0.1) is 0 Å². The molecule has 8 nitrogen and oxygen atoms in total. The van der Waals surface area contributed by atoms with Gasteiger partial charge in [-0.1, -0.05) is 53.7 Å². The fourth-order valence-corrected chi connectivity index (χ4v) is 3.24. The van der Waals surface area contributed by atoms with Crippen molar-refractivity contribution in [1.82, 2.24) is 10.1 Å². The minimum atomic E-state index is -3.01. The maximum atomic E-state index is 12.8. The summed E-state index contributed by atoms with van der Waals surface area (Å²) in [6, 6.07) is 19.0. The Morgan fingerprint density at radius 2 is 1.66 bits per heavy atom. The molecule has 10 heteroatoms. The van der Waals surface area contributed by atoms with E-state index in [4.69, 9.17) is 14.0 Å². The van der Waals surface area contributed by atoms with Crippen molar-refractivity contribution in [3.63, 3.8) is 0 Å². The maximum Gasteiger partial charge on any atom is 0.387 e. The van der Waals surface area contributed by atoms with Gasteiger partial charge in [0.15, 0.2) is 23.9 Å². The summed E-state index contributed by atoms with van der Waals surface area (Å²) in [5.41, 5.74) is 1.15. The third-order valence-corrected chi connectivity index (χ3v) is 4.86. The predicted octanol–water partition coefficient (Wildman–Crippen LogP) is 4.93. The summed E-state index contributed by atoms with van der Waals surface area (Å²) in [4.78, 5) is 29.7. The van der Waals surface area contributed by atoms with Gasteiger partial charge in [-0.2, -0.15) is 13.8 Å². The van der Waals surface area contributed by atoms with Crippen LogP contribution in [0.5, 0.6) is 11.5 Å². The third kappa shape index (κ3) is 5.49. The SMILES string of the molecule is COc1cc(-c2noc(COC(=O)c3ccccc3C(=O)c3ccccc3)n2)ccc1OC(F)F. The van der Waals surface area contributed by atoms with E-state index in [0.29, 0.717) is 11.1 Å². The van der Waals surface area contributed by atoms with Crippen LogP contribution in [0.15, 0.2) is 77.3 Å². The quantitative estimate of drug-likeness (QED) is 0.245. The summed E-state index contributed by atoms with van der Waals surface area (Å²) >= 11 is 0. The largest absolute Gasteiger partial charge is 0.493 e. The van der Waals surface area contributed by atoms with Crippen LogP contribution in [0.3, 0.4) is 0 Å². The summed E-state index contributed by atoms with van der Waals surface area (Å²) in [5.74, 6) is -1.02. The maximum absolute atomic E-state index is 12.8. The molecule has 0 aliphatic carbocycles. The number of benzene rings is 3. The number of esters is 1. The number of ketones is 1. The Morgan fingerprint density at radius 3 is 2.37 bits per heavy atom. The smallest absolute Gasteiger partial charge is 0.387 e. The highest BCUT2D eigenvalue weighted by Crippen LogP contribution is 2.32. The van der Waals surface area contributed by atoms with Crippen LogP contribution in [-0.2, 0) is 11.3 Å². The van der Waals surface area contributed by atoms with E-state index in [9.17, 15) is 18.4 Å². The molecular weight excluding hydrogens is 462 g/mol. The minimum Gasteiger partial charge on any atom is -0.493 e. The molecule has 0 saturated heterocycles. The number of alkyl halides is 2. The van der Waals surface area contributed by atoms with Crippen LogP contribution in [0.25, 0.3) is 11.4 Å². The van der Waals surface area contributed by atoms with Gasteiger partial charge in [0.05, 0.1) is 12.7 Å². The molecule has 0 unspecified atom stereocenters. The molecule has 1 heterocycles. The second-order valence-electron chi connectivity index (χ2n) is 7.07. The molecule has 3 aromatic carbocycles. The number of hydrogen-bond donors (Lipinski definition) is 0. The van der Waals surface area contributed by atoms with Gasteiger partial charge in [-0.3, -0.25) is 4.79 Å². The van der Waals surface area contributed by atoms with E-state index in [0.717, 1.165) is 0 Å². The lowest BCUT2D eigenvalue weighted by atomic mass is 9.98. The normalized spacial score (nSPS) is 10.7. The van der Waals surface area contributed by atoms with Gasteiger partial charge >= 0.3 is 12.6 Å². The number of carbonyl (C=O) groups excluding carboxylic acids is 2. The first-order chi connectivity index (χ1) is 17.0. The third-order valence-electron chi connectivity index (χ3n) is 4.86. The highest BCUT2D eigenvalue weighted by atomic mass is 19.3. The second kappa shape index (κ2) is 10.6. The number of carbonyl (C=O) groups is 2.